The van der Waals surface area contributed by atoms with E-state index in [-0.39, 0.29) is 18.5 Å². The summed E-state index contributed by atoms with van der Waals surface area (Å²) in [4.78, 5) is 24.5. The molecule has 0 radical (unpaired) electrons. The summed E-state index contributed by atoms with van der Waals surface area (Å²) in [6, 6.07) is -0.635. The Balaban J connectivity index is 3.45. The fourth-order valence-corrected chi connectivity index (χ4v) is 9.57. The molecule has 412 valence electrons. The number of nitrogens with one attached hydrogen (secondary N) is 1. The minimum atomic E-state index is -0.850. The Labute approximate surface area is 436 Å². The lowest BCUT2D eigenvalue weighted by atomic mass is 10.0. The molecule has 0 bridgehead atoms. The molecule has 0 aliphatic heterocycles. The standard InChI is InChI=1S/C64H121NO5/c1-3-5-7-9-11-13-15-17-19-25-30-34-38-42-46-50-54-58-64(69)70-59-55-51-47-43-39-35-31-27-24-22-21-23-26-29-33-37-41-45-49-53-57-63(68)65-61(60-66)62(67)56-52-48-44-40-36-32-28-20-18-16-14-12-10-8-6-4-2/h17,19,21,23,52,56,61-62,66-67H,3-16,18,20,22,24-51,53-55,57-60H2,1-2H3,(H,65,68)/b19-17-,23-21-,56-52+. The first-order chi connectivity index (χ1) is 34.5. The zero-order chi connectivity index (χ0) is 50.7. The zero-order valence-electron chi connectivity index (χ0n) is 47.0. The van der Waals surface area contributed by atoms with Crippen molar-refractivity contribution in [2.24, 2.45) is 0 Å². The highest BCUT2D eigenvalue weighted by atomic mass is 16.5. The van der Waals surface area contributed by atoms with Crippen LogP contribution in [0, 0.1) is 0 Å². The summed E-state index contributed by atoms with van der Waals surface area (Å²) in [5.74, 6) is -0.0731. The van der Waals surface area contributed by atoms with Crippen molar-refractivity contribution >= 4 is 11.9 Å². The first kappa shape index (κ1) is 68.1. The molecule has 0 aromatic carbocycles. The predicted octanol–water partition coefficient (Wildman–Crippen LogP) is 19.6. The van der Waals surface area contributed by atoms with Gasteiger partial charge in [0.05, 0.1) is 25.4 Å². The van der Waals surface area contributed by atoms with Crippen LogP contribution < -0.4 is 5.32 Å². The van der Waals surface area contributed by atoms with Crippen molar-refractivity contribution < 1.29 is 24.5 Å². The highest BCUT2D eigenvalue weighted by molar-refractivity contribution is 5.76. The average Bonchev–Trinajstić information content (AvgIpc) is 3.36. The molecule has 3 N–H and O–H groups in total. The number of aliphatic hydroxyl groups excluding tert-OH is 2. The molecule has 0 aromatic heterocycles. The smallest absolute Gasteiger partial charge is 0.305 e. The van der Waals surface area contributed by atoms with Crippen molar-refractivity contribution in [1.82, 2.24) is 5.32 Å². The monoisotopic (exact) mass is 984 g/mol. The first-order valence-electron chi connectivity index (χ1n) is 31.3. The SMILES string of the molecule is CCCCCCCC/C=C\CCCCCCCCCC(=O)OCCCCCCCCCCC/C=C\CCCCCCCCCC(=O)NC(CO)C(O)/C=C/CCCCCCCCCCCCCCCC. The Morgan fingerprint density at radius 1 is 0.386 bits per heavy atom. The maximum atomic E-state index is 12.5. The number of hydrogen-bond acceptors (Lipinski definition) is 5. The minimum Gasteiger partial charge on any atom is -0.466 e. The van der Waals surface area contributed by atoms with Gasteiger partial charge in [-0.15, -0.1) is 0 Å². The summed E-state index contributed by atoms with van der Waals surface area (Å²) in [5.41, 5.74) is 0. The van der Waals surface area contributed by atoms with E-state index in [0.29, 0.717) is 19.4 Å². The summed E-state index contributed by atoms with van der Waals surface area (Å²) < 4.78 is 5.49. The van der Waals surface area contributed by atoms with Gasteiger partial charge in [-0.1, -0.05) is 275 Å². The summed E-state index contributed by atoms with van der Waals surface area (Å²) in [5, 5.41) is 23.1. The van der Waals surface area contributed by atoms with Gasteiger partial charge in [0.2, 0.25) is 5.91 Å². The van der Waals surface area contributed by atoms with Crippen molar-refractivity contribution in [3.8, 4) is 0 Å². The Bertz CT molecular complexity index is 1130. The van der Waals surface area contributed by atoms with E-state index in [4.69, 9.17) is 4.74 Å². The normalized spacial score (nSPS) is 12.8. The number of esters is 1. The molecule has 0 heterocycles. The molecular formula is C64H121NO5. The van der Waals surface area contributed by atoms with Gasteiger partial charge in [0.25, 0.3) is 0 Å². The third-order valence-corrected chi connectivity index (χ3v) is 14.4. The van der Waals surface area contributed by atoms with Gasteiger partial charge in [-0.2, -0.15) is 0 Å². The van der Waals surface area contributed by atoms with Gasteiger partial charge in [-0.3, -0.25) is 9.59 Å². The Morgan fingerprint density at radius 3 is 1.01 bits per heavy atom. The maximum Gasteiger partial charge on any atom is 0.305 e. The van der Waals surface area contributed by atoms with Gasteiger partial charge in [0.15, 0.2) is 0 Å². The lowest BCUT2D eigenvalue weighted by Crippen LogP contribution is -2.45. The van der Waals surface area contributed by atoms with Crippen LogP contribution in [0.4, 0.5) is 0 Å². The van der Waals surface area contributed by atoms with E-state index in [1.807, 2.05) is 6.08 Å². The van der Waals surface area contributed by atoms with Gasteiger partial charge in [0, 0.05) is 12.8 Å². The van der Waals surface area contributed by atoms with Gasteiger partial charge < -0.3 is 20.3 Å². The lowest BCUT2D eigenvalue weighted by molar-refractivity contribution is -0.143. The van der Waals surface area contributed by atoms with Crippen LogP contribution in [0.2, 0.25) is 0 Å². The molecule has 0 fully saturated rings. The van der Waals surface area contributed by atoms with Gasteiger partial charge in [-0.05, 0) is 83.5 Å². The van der Waals surface area contributed by atoms with Crippen molar-refractivity contribution in [1.29, 1.82) is 0 Å². The lowest BCUT2D eigenvalue weighted by Gasteiger charge is -2.20. The first-order valence-corrected chi connectivity index (χ1v) is 31.3. The number of rotatable bonds is 58. The molecule has 0 saturated carbocycles. The molecule has 6 nitrogen and oxygen atoms in total. The molecular weight excluding hydrogens is 863 g/mol. The van der Waals surface area contributed by atoms with Gasteiger partial charge in [-0.25, -0.2) is 0 Å². The highest BCUT2D eigenvalue weighted by Crippen LogP contribution is 2.17. The maximum absolute atomic E-state index is 12.5. The van der Waals surface area contributed by atoms with Crippen LogP contribution in [0.25, 0.3) is 0 Å². The fourth-order valence-electron chi connectivity index (χ4n) is 9.57. The topological polar surface area (TPSA) is 95.9 Å². The summed E-state index contributed by atoms with van der Waals surface area (Å²) in [6.07, 6.45) is 74.6. The number of hydrogen-bond donors (Lipinski definition) is 3. The number of aliphatic hydroxyl groups is 2. The minimum absolute atomic E-state index is 0.00230. The largest absolute Gasteiger partial charge is 0.466 e. The number of unbranched alkanes of at least 4 members (excludes halogenated alkanes) is 43. The molecule has 0 saturated heterocycles. The molecule has 1 amide bonds. The summed E-state index contributed by atoms with van der Waals surface area (Å²) >= 11 is 0. The number of allylic oxidation sites excluding steroid dienone is 5. The Morgan fingerprint density at radius 2 is 0.671 bits per heavy atom. The predicted molar refractivity (Wildman–Crippen MR) is 306 cm³/mol. The summed E-state index contributed by atoms with van der Waals surface area (Å²) in [6.45, 7) is 4.90. The highest BCUT2D eigenvalue weighted by Gasteiger charge is 2.18. The third-order valence-electron chi connectivity index (χ3n) is 14.4. The van der Waals surface area contributed by atoms with E-state index < -0.39 is 12.1 Å². The second kappa shape index (κ2) is 59.6. The average molecular weight is 985 g/mol. The van der Waals surface area contributed by atoms with E-state index in [2.05, 4.69) is 43.5 Å². The van der Waals surface area contributed by atoms with Crippen LogP contribution in [-0.4, -0.2) is 47.4 Å². The van der Waals surface area contributed by atoms with Crippen LogP contribution in [0.1, 0.15) is 335 Å². The Kier molecular flexibility index (Phi) is 58.0. The van der Waals surface area contributed by atoms with E-state index in [9.17, 15) is 19.8 Å². The number of ether oxygens (including phenoxy) is 1. The molecule has 2 atom stereocenters. The third kappa shape index (κ3) is 55.4. The molecule has 0 spiro atoms. The number of amides is 1. The quantitative estimate of drug-likeness (QED) is 0.0321. The summed E-state index contributed by atoms with van der Waals surface area (Å²) in [7, 11) is 0. The molecule has 0 rings (SSSR count). The van der Waals surface area contributed by atoms with Crippen LogP contribution >= 0.6 is 0 Å². The number of carbonyl (C=O) groups excluding carboxylic acids is 2. The van der Waals surface area contributed by atoms with E-state index in [1.165, 1.54) is 257 Å². The van der Waals surface area contributed by atoms with Crippen molar-refractivity contribution in [3.05, 3.63) is 36.5 Å². The van der Waals surface area contributed by atoms with Crippen molar-refractivity contribution in [2.45, 2.75) is 347 Å². The van der Waals surface area contributed by atoms with Crippen LogP contribution in [0.5, 0.6) is 0 Å². The van der Waals surface area contributed by atoms with E-state index in [0.717, 1.165) is 51.4 Å². The second-order valence-electron chi connectivity index (χ2n) is 21.4. The van der Waals surface area contributed by atoms with Crippen LogP contribution in [0.3, 0.4) is 0 Å². The fraction of sp³-hybridized carbons (Fsp3) is 0.875. The van der Waals surface area contributed by atoms with Crippen LogP contribution in [0.15, 0.2) is 36.5 Å². The van der Waals surface area contributed by atoms with Crippen molar-refractivity contribution in [3.63, 3.8) is 0 Å². The number of carbonyl (C=O) groups is 2. The Hall–Kier alpha value is -1.92. The molecule has 0 aliphatic carbocycles. The van der Waals surface area contributed by atoms with Crippen LogP contribution in [-0.2, 0) is 14.3 Å². The molecule has 2 unspecified atom stereocenters. The molecule has 70 heavy (non-hydrogen) atoms. The van der Waals surface area contributed by atoms with E-state index >= 15 is 0 Å². The van der Waals surface area contributed by atoms with Crippen molar-refractivity contribution in [2.75, 3.05) is 13.2 Å². The zero-order valence-corrected chi connectivity index (χ0v) is 47.0. The second-order valence-corrected chi connectivity index (χ2v) is 21.4. The van der Waals surface area contributed by atoms with Gasteiger partial charge in [0.1, 0.15) is 0 Å². The molecule has 0 aliphatic rings. The van der Waals surface area contributed by atoms with Gasteiger partial charge >= 0.3 is 5.97 Å². The molecule has 6 heteroatoms. The molecule has 0 aromatic rings. The van der Waals surface area contributed by atoms with E-state index in [1.54, 1.807) is 6.08 Å².